The molecule has 1 aromatic carbocycles. The van der Waals surface area contributed by atoms with E-state index in [0.29, 0.717) is 24.4 Å². The Kier molecular flexibility index (Phi) is 10.7. The average molecular weight is 469 g/mol. The van der Waals surface area contributed by atoms with Crippen LogP contribution < -0.4 is 4.74 Å². The maximum atomic E-state index is 12.5. The van der Waals surface area contributed by atoms with Gasteiger partial charge in [0.1, 0.15) is 17.6 Å². The summed E-state index contributed by atoms with van der Waals surface area (Å²) in [5, 5.41) is 0. The number of carbonyl (C=O) groups excluding carboxylic acids is 1. The summed E-state index contributed by atoms with van der Waals surface area (Å²) in [6, 6.07) is 8.00. The second-order valence-electron chi connectivity index (χ2n) is 10.5. The zero-order valence-electron chi connectivity index (χ0n) is 21.6. The SMILES string of the molecule is COc1ccc(COCCCC/C=C\C[C@H]2CC(OC3C[C@H](C)CC[C@H]3C(C)C)=CC2=O)cc1. The quantitative estimate of drug-likeness (QED) is 0.225. The molecule has 34 heavy (non-hydrogen) atoms. The van der Waals surface area contributed by atoms with Crippen molar-refractivity contribution in [2.75, 3.05) is 13.7 Å². The predicted molar refractivity (Wildman–Crippen MR) is 138 cm³/mol. The van der Waals surface area contributed by atoms with E-state index in [-0.39, 0.29) is 17.8 Å². The molecule has 0 amide bonds. The molecule has 0 bridgehead atoms. The van der Waals surface area contributed by atoms with Crippen LogP contribution in [0.1, 0.15) is 77.7 Å². The van der Waals surface area contributed by atoms with Gasteiger partial charge in [-0.3, -0.25) is 4.79 Å². The van der Waals surface area contributed by atoms with Gasteiger partial charge in [-0.25, -0.2) is 0 Å². The fourth-order valence-corrected chi connectivity index (χ4v) is 5.16. The summed E-state index contributed by atoms with van der Waals surface area (Å²) in [4.78, 5) is 12.5. The highest BCUT2D eigenvalue weighted by Gasteiger charge is 2.34. The summed E-state index contributed by atoms with van der Waals surface area (Å²) in [7, 11) is 1.68. The monoisotopic (exact) mass is 468 g/mol. The zero-order chi connectivity index (χ0) is 24.3. The first-order valence-corrected chi connectivity index (χ1v) is 13.2. The minimum Gasteiger partial charge on any atom is -0.497 e. The molecule has 2 aliphatic carbocycles. The third-order valence-corrected chi connectivity index (χ3v) is 7.34. The Bertz CT molecular complexity index is 808. The lowest BCUT2D eigenvalue weighted by molar-refractivity contribution is -0.117. The number of ketones is 1. The van der Waals surface area contributed by atoms with Crippen molar-refractivity contribution in [3.63, 3.8) is 0 Å². The molecule has 0 N–H and O–H groups in total. The summed E-state index contributed by atoms with van der Waals surface area (Å²) in [6.45, 7) is 8.32. The molecule has 0 heterocycles. The third kappa shape index (κ3) is 8.30. The summed E-state index contributed by atoms with van der Waals surface area (Å²) >= 11 is 0. The first kappa shape index (κ1) is 26.5. The van der Waals surface area contributed by atoms with Crippen molar-refractivity contribution in [2.45, 2.75) is 84.8 Å². The largest absolute Gasteiger partial charge is 0.497 e. The van der Waals surface area contributed by atoms with Gasteiger partial charge in [-0.1, -0.05) is 51.5 Å². The van der Waals surface area contributed by atoms with Crippen molar-refractivity contribution < 1.29 is 19.0 Å². The number of unbranched alkanes of at least 4 members (excludes halogenated alkanes) is 2. The van der Waals surface area contributed by atoms with Crippen LogP contribution in [-0.2, 0) is 20.9 Å². The highest BCUT2D eigenvalue weighted by Crippen LogP contribution is 2.38. The number of ether oxygens (including phenoxy) is 3. The lowest BCUT2D eigenvalue weighted by Crippen LogP contribution is -2.34. The lowest BCUT2D eigenvalue weighted by Gasteiger charge is -2.37. The molecule has 1 aromatic rings. The van der Waals surface area contributed by atoms with E-state index in [1.54, 1.807) is 13.2 Å². The molecule has 0 radical (unpaired) electrons. The Hall–Kier alpha value is -2.07. The molecule has 1 fully saturated rings. The summed E-state index contributed by atoms with van der Waals surface area (Å²) in [5.41, 5.74) is 1.16. The van der Waals surface area contributed by atoms with Crippen molar-refractivity contribution in [2.24, 2.45) is 23.7 Å². The fraction of sp³-hybridized carbons (Fsp3) is 0.633. The van der Waals surface area contributed by atoms with E-state index in [0.717, 1.165) is 62.2 Å². The molecule has 0 saturated heterocycles. The second-order valence-corrected chi connectivity index (χ2v) is 10.5. The molecule has 1 unspecified atom stereocenters. The highest BCUT2D eigenvalue weighted by atomic mass is 16.5. The van der Waals surface area contributed by atoms with Gasteiger partial charge in [0, 0.05) is 25.0 Å². The molecule has 188 valence electrons. The normalized spacial score (nSPS) is 25.2. The molecule has 0 aliphatic heterocycles. The Morgan fingerprint density at radius 1 is 1.09 bits per heavy atom. The summed E-state index contributed by atoms with van der Waals surface area (Å²) in [5.74, 6) is 4.02. The summed E-state index contributed by atoms with van der Waals surface area (Å²) in [6.07, 6.45) is 14.8. The van der Waals surface area contributed by atoms with Gasteiger partial charge in [0.2, 0.25) is 0 Å². The molecule has 4 atom stereocenters. The molecular weight excluding hydrogens is 424 g/mol. The van der Waals surface area contributed by atoms with Gasteiger partial charge in [0.05, 0.1) is 13.7 Å². The Morgan fingerprint density at radius 2 is 1.88 bits per heavy atom. The number of hydrogen-bond acceptors (Lipinski definition) is 4. The Balaban J connectivity index is 1.28. The topological polar surface area (TPSA) is 44.8 Å². The highest BCUT2D eigenvalue weighted by molar-refractivity contribution is 5.94. The standard InChI is InChI=1S/C30H44O4/c1-22(2)28-16-11-23(3)18-30(28)34-27-19-25(29(31)20-27)10-8-6-5-7-9-17-33-21-24-12-14-26(32-4)15-13-24/h6,8,12-15,20,22-23,25,28,30H,5,7,9-11,16-19,21H2,1-4H3/b8-6-/t23-,25+,28+,30?/m1/s1. The number of hydrogen-bond donors (Lipinski definition) is 0. The molecule has 0 spiro atoms. The van der Waals surface area contributed by atoms with Crippen molar-refractivity contribution >= 4 is 5.78 Å². The van der Waals surface area contributed by atoms with Gasteiger partial charge >= 0.3 is 0 Å². The van der Waals surface area contributed by atoms with Crippen LogP contribution in [0, 0.1) is 23.7 Å². The fourth-order valence-electron chi connectivity index (χ4n) is 5.16. The van der Waals surface area contributed by atoms with Crippen LogP contribution in [0.4, 0.5) is 0 Å². The van der Waals surface area contributed by atoms with Crippen molar-refractivity contribution in [1.82, 2.24) is 0 Å². The number of methoxy groups -OCH3 is 1. The van der Waals surface area contributed by atoms with E-state index >= 15 is 0 Å². The second kappa shape index (κ2) is 13.7. The minimum absolute atomic E-state index is 0.0533. The Morgan fingerprint density at radius 3 is 2.62 bits per heavy atom. The number of rotatable bonds is 13. The van der Waals surface area contributed by atoms with Crippen LogP contribution in [0.15, 0.2) is 48.3 Å². The van der Waals surface area contributed by atoms with Gasteiger partial charge in [-0.2, -0.15) is 0 Å². The number of carbonyl (C=O) groups is 1. The van der Waals surface area contributed by atoms with E-state index in [1.807, 2.05) is 24.3 Å². The van der Waals surface area contributed by atoms with E-state index in [9.17, 15) is 4.79 Å². The first-order valence-electron chi connectivity index (χ1n) is 13.2. The van der Waals surface area contributed by atoms with Gasteiger partial charge in [-0.15, -0.1) is 0 Å². The molecule has 0 aromatic heterocycles. The van der Waals surface area contributed by atoms with Gasteiger partial charge in [0.15, 0.2) is 5.78 Å². The predicted octanol–water partition coefficient (Wildman–Crippen LogP) is 7.28. The lowest BCUT2D eigenvalue weighted by atomic mass is 9.75. The number of benzene rings is 1. The van der Waals surface area contributed by atoms with Crippen LogP contribution in [0.5, 0.6) is 5.75 Å². The van der Waals surface area contributed by atoms with Gasteiger partial charge in [0.25, 0.3) is 0 Å². The van der Waals surface area contributed by atoms with Crippen LogP contribution in [0.3, 0.4) is 0 Å². The molecule has 4 nitrogen and oxygen atoms in total. The summed E-state index contributed by atoms with van der Waals surface area (Å²) < 4.78 is 17.4. The molecule has 2 aliphatic rings. The van der Waals surface area contributed by atoms with Gasteiger partial charge in [-0.05, 0) is 74.0 Å². The van der Waals surface area contributed by atoms with Crippen molar-refractivity contribution in [1.29, 1.82) is 0 Å². The van der Waals surface area contributed by atoms with Crippen LogP contribution in [0.2, 0.25) is 0 Å². The van der Waals surface area contributed by atoms with E-state index in [2.05, 4.69) is 32.9 Å². The molecule has 1 saturated carbocycles. The average Bonchev–Trinajstić information content (AvgIpc) is 3.16. The Labute approximate surface area is 206 Å². The molecular formula is C30H44O4. The number of allylic oxidation sites excluding steroid dienone is 4. The third-order valence-electron chi connectivity index (χ3n) is 7.34. The maximum Gasteiger partial charge on any atom is 0.162 e. The molecule has 4 heteroatoms. The van der Waals surface area contributed by atoms with Crippen LogP contribution >= 0.6 is 0 Å². The minimum atomic E-state index is 0.0533. The van der Waals surface area contributed by atoms with Crippen molar-refractivity contribution in [3.8, 4) is 5.75 Å². The smallest absolute Gasteiger partial charge is 0.162 e. The van der Waals surface area contributed by atoms with Gasteiger partial charge < -0.3 is 14.2 Å². The van der Waals surface area contributed by atoms with E-state index in [1.165, 1.54) is 12.8 Å². The van der Waals surface area contributed by atoms with Crippen LogP contribution in [-0.4, -0.2) is 25.6 Å². The van der Waals surface area contributed by atoms with E-state index < -0.39 is 0 Å². The zero-order valence-corrected chi connectivity index (χ0v) is 21.6. The van der Waals surface area contributed by atoms with Crippen LogP contribution in [0.25, 0.3) is 0 Å². The maximum absolute atomic E-state index is 12.5. The first-order chi connectivity index (χ1) is 16.5. The van der Waals surface area contributed by atoms with E-state index in [4.69, 9.17) is 14.2 Å². The molecule has 3 rings (SSSR count). The van der Waals surface area contributed by atoms with Crippen molar-refractivity contribution in [3.05, 3.63) is 53.8 Å².